The molecule has 0 bridgehead atoms. The maximum Gasteiger partial charge on any atom is 0.393 e. The molecule has 2 atom stereocenters. The summed E-state index contributed by atoms with van der Waals surface area (Å²) in [5.41, 5.74) is 2.38. The Balaban J connectivity index is 1.87. The lowest BCUT2D eigenvalue weighted by atomic mass is 9.91. The first-order chi connectivity index (χ1) is 8.45. The molecule has 1 nitrogen and oxygen atoms in total. The van der Waals surface area contributed by atoms with Crippen molar-refractivity contribution in [2.45, 2.75) is 38.4 Å². The van der Waals surface area contributed by atoms with Crippen molar-refractivity contribution in [2.75, 3.05) is 6.54 Å². The van der Waals surface area contributed by atoms with E-state index in [1.54, 1.807) is 0 Å². The van der Waals surface area contributed by atoms with Crippen LogP contribution in [0.3, 0.4) is 0 Å². The second-order valence-electron chi connectivity index (χ2n) is 5.11. The predicted octanol–water partition coefficient (Wildman–Crippen LogP) is 3.47. The second-order valence-corrected chi connectivity index (χ2v) is 5.11. The lowest BCUT2D eigenvalue weighted by molar-refractivity contribution is -0.179. The van der Waals surface area contributed by atoms with Gasteiger partial charge in [0.25, 0.3) is 0 Å². The molecule has 1 aliphatic rings. The molecule has 0 aromatic heterocycles. The van der Waals surface area contributed by atoms with Gasteiger partial charge in [0.2, 0.25) is 0 Å². The molecule has 4 heteroatoms. The van der Waals surface area contributed by atoms with E-state index in [4.69, 9.17) is 0 Å². The number of benzene rings is 1. The van der Waals surface area contributed by atoms with Crippen LogP contribution in [-0.2, 0) is 6.42 Å². The van der Waals surface area contributed by atoms with Gasteiger partial charge in [-0.25, -0.2) is 0 Å². The van der Waals surface area contributed by atoms with Crippen LogP contribution in [-0.4, -0.2) is 18.8 Å². The van der Waals surface area contributed by atoms with Crippen molar-refractivity contribution in [1.29, 1.82) is 0 Å². The van der Waals surface area contributed by atoms with Crippen LogP contribution >= 0.6 is 0 Å². The lowest BCUT2D eigenvalue weighted by Crippen LogP contribution is -2.45. The van der Waals surface area contributed by atoms with E-state index < -0.39 is 12.1 Å². The van der Waals surface area contributed by atoms with E-state index >= 15 is 0 Å². The Kier molecular flexibility index (Phi) is 3.95. The van der Waals surface area contributed by atoms with E-state index in [9.17, 15) is 13.2 Å². The molecular weight excluding hydrogens is 239 g/mol. The monoisotopic (exact) mass is 257 g/mol. The Bertz CT molecular complexity index is 392. The molecule has 18 heavy (non-hydrogen) atoms. The second kappa shape index (κ2) is 5.31. The maximum absolute atomic E-state index is 12.5. The minimum Gasteiger partial charge on any atom is -0.313 e. The van der Waals surface area contributed by atoms with Crippen molar-refractivity contribution < 1.29 is 13.2 Å². The molecule has 1 saturated heterocycles. The average Bonchev–Trinajstić information content (AvgIpc) is 2.28. The molecule has 1 fully saturated rings. The quantitative estimate of drug-likeness (QED) is 0.855. The summed E-state index contributed by atoms with van der Waals surface area (Å²) >= 11 is 0. The van der Waals surface area contributed by atoms with Gasteiger partial charge in [-0.05, 0) is 31.7 Å². The molecule has 2 unspecified atom stereocenters. The van der Waals surface area contributed by atoms with E-state index in [2.05, 4.69) is 11.4 Å². The Hall–Kier alpha value is -1.03. The first-order valence-electron chi connectivity index (χ1n) is 6.31. The van der Waals surface area contributed by atoms with E-state index in [0.29, 0.717) is 6.42 Å². The number of halogens is 3. The van der Waals surface area contributed by atoms with Gasteiger partial charge in [0.05, 0.1) is 5.92 Å². The van der Waals surface area contributed by atoms with Crippen LogP contribution in [0.5, 0.6) is 0 Å². The van der Waals surface area contributed by atoms with Gasteiger partial charge >= 0.3 is 6.18 Å². The van der Waals surface area contributed by atoms with E-state index in [0.717, 1.165) is 6.42 Å². The third kappa shape index (κ3) is 3.48. The van der Waals surface area contributed by atoms with Crippen molar-refractivity contribution in [1.82, 2.24) is 5.32 Å². The van der Waals surface area contributed by atoms with Crippen molar-refractivity contribution >= 4 is 0 Å². The van der Waals surface area contributed by atoms with Crippen LogP contribution in [0.2, 0.25) is 0 Å². The molecular formula is C14H18F3N. The Morgan fingerprint density at radius 3 is 2.61 bits per heavy atom. The smallest absolute Gasteiger partial charge is 0.313 e. The fourth-order valence-electron chi connectivity index (χ4n) is 2.49. The highest BCUT2D eigenvalue weighted by molar-refractivity contribution is 5.23. The summed E-state index contributed by atoms with van der Waals surface area (Å²) in [6, 6.07) is 8.32. The molecule has 0 amide bonds. The zero-order chi connectivity index (χ0) is 13.2. The van der Waals surface area contributed by atoms with Crippen LogP contribution in [0.4, 0.5) is 13.2 Å². The van der Waals surface area contributed by atoms with E-state index in [1.807, 2.05) is 25.1 Å². The first-order valence-corrected chi connectivity index (χ1v) is 6.31. The first kappa shape index (κ1) is 13.4. The third-order valence-corrected chi connectivity index (χ3v) is 3.54. The van der Waals surface area contributed by atoms with Crippen molar-refractivity contribution in [3.05, 3.63) is 35.4 Å². The number of hydrogen-bond acceptors (Lipinski definition) is 1. The molecule has 0 radical (unpaired) electrons. The highest BCUT2D eigenvalue weighted by atomic mass is 19.4. The highest BCUT2D eigenvalue weighted by Gasteiger charge is 2.41. The number of hydrogen-bond donors (Lipinski definition) is 1. The van der Waals surface area contributed by atoms with Crippen molar-refractivity contribution in [3.63, 3.8) is 0 Å². The summed E-state index contributed by atoms with van der Waals surface area (Å²) in [4.78, 5) is 0. The molecule has 0 saturated carbocycles. The normalized spacial score (nSPS) is 25.1. The zero-order valence-electron chi connectivity index (χ0n) is 10.4. The molecule has 2 rings (SSSR count). The molecule has 1 aliphatic heterocycles. The van der Waals surface area contributed by atoms with Crippen LogP contribution in [0.25, 0.3) is 0 Å². The number of aryl methyl sites for hydroxylation is 1. The van der Waals surface area contributed by atoms with Gasteiger partial charge in [-0.3, -0.25) is 0 Å². The number of alkyl halides is 3. The standard InChI is InChI=1S/C14H18F3N/c1-10-3-2-4-11(7-10)8-13-6-5-12(9-18-13)14(15,16)17/h2-4,7,12-13,18H,5-6,8-9H2,1H3. The minimum absolute atomic E-state index is 0.0555. The van der Waals surface area contributed by atoms with Crippen LogP contribution in [0, 0.1) is 12.8 Å². The summed E-state index contributed by atoms with van der Waals surface area (Å²) in [7, 11) is 0. The molecule has 1 heterocycles. The van der Waals surface area contributed by atoms with Gasteiger partial charge in [-0.1, -0.05) is 29.8 Å². The minimum atomic E-state index is -4.05. The summed E-state index contributed by atoms with van der Waals surface area (Å²) in [5.74, 6) is -1.17. The van der Waals surface area contributed by atoms with Crippen molar-refractivity contribution in [2.24, 2.45) is 5.92 Å². The molecule has 0 aliphatic carbocycles. The molecule has 1 aromatic carbocycles. The third-order valence-electron chi connectivity index (χ3n) is 3.54. The topological polar surface area (TPSA) is 12.0 Å². The number of rotatable bonds is 2. The Morgan fingerprint density at radius 2 is 2.06 bits per heavy atom. The maximum atomic E-state index is 12.5. The molecule has 1 N–H and O–H groups in total. The van der Waals surface area contributed by atoms with Crippen LogP contribution in [0.15, 0.2) is 24.3 Å². The highest BCUT2D eigenvalue weighted by Crippen LogP contribution is 2.32. The van der Waals surface area contributed by atoms with Gasteiger partial charge in [0, 0.05) is 12.6 Å². The van der Waals surface area contributed by atoms with Gasteiger partial charge < -0.3 is 5.32 Å². The summed E-state index contributed by atoms with van der Waals surface area (Å²) in [6.07, 6.45) is -2.40. The Morgan fingerprint density at radius 1 is 1.28 bits per heavy atom. The summed E-state index contributed by atoms with van der Waals surface area (Å²) in [5, 5.41) is 3.02. The fourth-order valence-corrected chi connectivity index (χ4v) is 2.49. The molecule has 1 aromatic rings. The molecule has 100 valence electrons. The SMILES string of the molecule is Cc1cccc(CC2CCC(C(F)(F)F)CN2)c1. The predicted molar refractivity (Wildman–Crippen MR) is 65.5 cm³/mol. The van der Waals surface area contributed by atoms with Crippen molar-refractivity contribution in [3.8, 4) is 0 Å². The zero-order valence-corrected chi connectivity index (χ0v) is 10.4. The molecule has 0 spiro atoms. The van der Waals surface area contributed by atoms with Gasteiger partial charge in [0.15, 0.2) is 0 Å². The lowest BCUT2D eigenvalue weighted by Gasteiger charge is -2.31. The van der Waals surface area contributed by atoms with Gasteiger partial charge in [-0.15, -0.1) is 0 Å². The average molecular weight is 257 g/mol. The fraction of sp³-hybridized carbons (Fsp3) is 0.571. The largest absolute Gasteiger partial charge is 0.393 e. The number of nitrogens with one attached hydrogen (secondary N) is 1. The van der Waals surface area contributed by atoms with Gasteiger partial charge in [0.1, 0.15) is 0 Å². The van der Waals surface area contributed by atoms with E-state index in [-0.39, 0.29) is 19.0 Å². The Labute approximate surface area is 105 Å². The number of piperidine rings is 1. The summed E-state index contributed by atoms with van der Waals surface area (Å²) in [6.45, 7) is 2.08. The summed E-state index contributed by atoms with van der Waals surface area (Å²) < 4.78 is 37.5. The van der Waals surface area contributed by atoms with Crippen LogP contribution < -0.4 is 5.32 Å². The van der Waals surface area contributed by atoms with Crippen LogP contribution in [0.1, 0.15) is 24.0 Å². The van der Waals surface area contributed by atoms with Gasteiger partial charge in [-0.2, -0.15) is 13.2 Å². The van der Waals surface area contributed by atoms with E-state index in [1.165, 1.54) is 11.1 Å².